The number of alkyl halides is 3. The van der Waals surface area contributed by atoms with Crippen molar-refractivity contribution in [2.24, 2.45) is 0 Å². The van der Waals surface area contributed by atoms with Crippen molar-refractivity contribution in [2.45, 2.75) is 13.0 Å². The van der Waals surface area contributed by atoms with Crippen molar-refractivity contribution in [3.63, 3.8) is 0 Å². The van der Waals surface area contributed by atoms with E-state index in [0.29, 0.717) is 16.9 Å². The van der Waals surface area contributed by atoms with Gasteiger partial charge in [0, 0.05) is 11.6 Å². The summed E-state index contributed by atoms with van der Waals surface area (Å²) in [4.78, 5) is 10.9. The molecule has 0 unspecified atom stereocenters. The first kappa shape index (κ1) is 21.0. The number of carboxylic acids is 1. The number of ether oxygens (including phenoxy) is 2. The molecule has 0 saturated carbocycles. The fraction of sp³-hybridized carbons (Fsp3) is 0.0870. The fourth-order valence-electron chi connectivity index (χ4n) is 2.73. The maximum absolute atomic E-state index is 12.2. The summed E-state index contributed by atoms with van der Waals surface area (Å²) in [5, 5.41) is 8.95. The summed E-state index contributed by atoms with van der Waals surface area (Å²) in [5.74, 6) is -0.960. The molecule has 30 heavy (non-hydrogen) atoms. The molecule has 0 spiro atoms. The first-order valence-electron chi connectivity index (χ1n) is 8.88. The van der Waals surface area contributed by atoms with Gasteiger partial charge in [0.2, 0.25) is 0 Å². The molecule has 0 heterocycles. The van der Waals surface area contributed by atoms with Crippen LogP contribution in [0.2, 0.25) is 0 Å². The lowest BCUT2D eigenvalue weighted by atomic mass is 10.0. The molecule has 3 aromatic rings. The molecule has 0 radical (unpaired) electrons. The molecule has 0 aliphatic rings. The lowest BCUT2D eigenvalue weighted by Crippen LogP contribution is -2.17. The van der Waals surface area contributed by atoms with Gasteiger partial charge in [-0.1, -0.05) is 48.5 Å². The van der Waals surface area contributed by atoms with Crippen LogP contribution in [0.5, 0.6) is 11.5 Å². The molecule has 154 valence electrons. The highest BCUT2D eigenvalue weighted by atomic mass is 19.4. The Hall–Kier alpha value is -3.74. The zero-order valence-electron chi connectivity index (χ0n) is 15.6. The molecule has 0 amide bonds. The molecular weight excluding hydrogens is 397 g/mol. The Morgan fingerprint density at radius 2 is 1.63 bits per heavy atom. The van der Waals surface area contributed by atoms with Gasteiger partial charge in [0.05, 0.1) is 0 Å². The van der Waals surface area contributed by atoms with Gasteiger partial charge < -0.3 is 14.6 Å². The highest BCUT2D eigenvalue weighted by Gasteiger charge is 2.30. The molecular formula is C23H17F3O4. The van der Waals surface area contributed by atoms with E-state index in [4.69, 9.17) is 9.84 Å². The number of benzene rings is 3. The van der Waals surface area contributed by atoms with E-state index in [2.05, 4.69) is 4.74 Å². The van der Waals surface area contributed by atoms with Gasteiger partial charge in [0.15, 0.2) is 0 Å². The van der Waals surface area contributed by atoms with Crippen molar-refractivity contribution in [1.82, 2.24) is 0 Å². The summed E-state index contributed by atoms with van der Waals surface area (Å²) < 4.78 is 46.4. The van der Waals surface area contributed by atoms with Gasteiger partial charge in [-0.2, -0.15) is 0 Å². The van der Waals surface area contributed by atoms with Crippen LogP contribution in [0, 0.1) is 0 Å². The Balaban J connectivity index is 1.78. The van der Waals surface area contributed by atoms with Crippen LogP contribution in [0.1, 0.15) is 11.1 Å². The van der Waals surface area contributed by atoms with Gasteiger partial charge in [-0.05, 0) is 47.0 Å². The van der Waals surface area contributed by atoms with Crippen molar-refractivity contribution in [3.8, 4) is 22.6 Å². The van der Waals surface area contributed by atoms with Crippen molar-refractivity contribution in [3.05, 3.63) is 90.0 Å². The predicted molar refractivity (Wildman–Crippen MR) is 106 cm³/mol. The lowest BCUT2D eigenvalue weighted by molar-refractivity contribution is -0.274. The monoisotopic (exact) mass is 414 g/mol. The van der Waals surface area contributed by atoms with Crippen LogP contribution in [-0.4, -0.2) is 17.4 Å². The van der Waals surface area contributed by atoms with Crippen molar-refractivity contribution in [2.75, 3.05) is 0 Å². The van der Waals surface area contributed by atoms with E-state index in [1.807, 2.05) is 42.5 Å². The summed E-state index contributed by atoms with van der Waals surface area (Å²) in [6.07, 6.45) is -2.30. The Labute approximate surface area is 170 Å². The van der Waals surface area contributed by atoms with E-state index in [-0.39, 0.29) is 12.4 Å². The Bertz CT molecular complexity index is 1030. The van der Waals surface area contributed by atoms with Gasteiger partial charge in [-0.25, -0.2) is 4.79 Å². The molecule has 0 saturated heterocycles. The number of halogens is 3. The minimum absolute atomic E-state index is 0.0882. The van der Waals surface area contributed by atoms with E-state index in [1.54, 1.807) is 6.07 Å². The van der Waals surface area contributed by atoms with Gasteiger partial charge in [0.1, 0.15) is 18.1 Å². The fourth-order valence-corrected chi connectivity index (χ4v) is 2.73. The summed E-state index contributed by atoms with van der Waals surface area (Å²) in [6.45, 7) is 0.0882. The lowest BCUT2D eigenvalue weighted by Gasteiger charge is -2.12. The van der Waals surface area contributed by atoms with Crippen molar-refractivity contribution >= 4 is 12.0 Å². The summed E-state index contributed by atoms with van der Waals surface area (Å²) in [6, 6.07) is 20.3. The highest BCUT2D eigenvalue weighted by Crippen LogP contribution is 2.29. The Morgan fingerprint density at radius 1 is 0.933 bits per heavy atom. The average Bonchev–Trinajstić information content (AvgIpc) is 2.71. The Kier molecular flexibility index (Phi) is 6.41. The van der Waals surface area contributed by atoms with E-state index in [9.17, 15) is 18.0 Å². The third-order valence-electron chi connectivity index (χ3n) is 4.07. The highest BCUT2D eigenvalue weighted by molar-refractivity contribution is 5.86. The van der Waals surface area contributed by atoms with Crippen LogP contribution in [0.4, 0.5) is 13.2 Å². The minimum Gasteiger partial charge on any atom is -0.488 e. The van der Waals surface area contributed by atoms with Gasteiger partial charge in [-0.3, -0.25) is 0 Å². The quantitative estimate of drug-likeness (QED) is 0.487. The second kappa shape index (κ2) is 9.17. The number of rotatable bonds is 7. The number of hydrogen-bond acceptors (Lipinski definition) is 3. The topological polar surface area (TPSA) is 55.8 Å². The van der Waals surface area contributed by atoms with E-state index < -0.39 is 12.3 Å². The van der Waals surface area contributed by atoms with E-state index in [1.165, 1.54) is 30.3 Å². The zero-order valence-corrected chi connectivity index (χ0v) is 15.6. The molecule has 3 rings (SSSR count). The minimum atomic E-state index is -4.75. The summed E-state index contributed by atoms with van der Waals surface area (Å²) in [5.41, 5.74) is 3.05. The summed E-state index contributed by atoms with van der Waals surface area (Å²) in [7, 11) is 0. The zero-order chi connectivity index (χ0) is 21.6. The standard InChI is InChI=1S/C23H17F3O4/c24-23(25,26)30-20-10-6-16(7-11-20)15-29-21-12-8-18(17-4-2-1-3-5-17)14-19(21)9-13-22(27)28/h1-14H,15H2,(H,27,28). The van der Waals surface area contributed by atoms with E-state index in [0.717, 1.165) is 17.2 Å². The molecule has 0 aliphatic carbocycles. The molecule has 3 aromatic carbocycles. The predicted octanol–water partition coefficient (Wildman–Crippen LogP) is 5.93. The molecule has 0 aromatic heterocycles. The van der Waals surface area contributed by atoms with Crippen LogP contribution >= 0.6 is 0 Å². The van der Waals surface area contributed by atoms with Crippen LogP contribution < -0.4 is 9.47 Å². The Morgan fingerprint density at radius 3 is 2.27 bits per heavy atom. The number of carboxylic acid groups (broad SMARTS) is 1. The first-order valence-corrected chi connectivity index (χ1v) is 8.88. The van der Waals surface area contributed by atoms with Crippen LogP contribution in [0.3, 0.4) is 0 Å². The molecule has 0 aliphatic heterocycles. The van der Waals surface area contributed by atoms with Gasteiger partial charge >= 0.3 is 12.3 Å². The first-order chi connectivity index (χ1) is 14.3. The molecule has 7 heteroatoms. The maximum atomic E-state index is 12.2. The molecule has 1 N–H and O–H groups in total. The van der Waals surface area contributed by atoms with Crippen LogP contribution in [0.15, 0.2) is 78.9 Å². The molecule has 0 atom stereocenters. The largest absolute Gasteiger partial charge is 0.573 e. The summed E-state index contributed by atoms with van der Waals surface area (Å²) >= 11 is 0. The smallest absolute Gasteiger partial charge is 0.488 e. The van der Waals surface area contributed by atoms with Gasteiger partial charge in [0.25, 0.3) is 0 Å². The maximum Gasteiger partial charge on any atom is 0.573 e. The number of aliphatic carboxylic acids is 1. The van der Waals surface area contributed by atoms with Crippen molar-refractivity contribution < 1.29 is 32.5 Å². The normalized spacial score (nSPS) is 11.4. The van der Waals surface area contributed by atoms with Crippen LogP contribution in [-0.2, 0) is 11.4 Å². The second-order valence-corrected chi connectivity index (χ2v) is 6.27. The molecule has 4 nitrogen and oxygen atoms in total. The third kappa shape index (κ3) is 6.13. The second-order valence-electron chi connectivity index (χ2n) is 6.27. The average molecular weight is 414 g/mol. The molecule has 0 fully saturated rings. The SMILES string of the molecule is O=C(O)C=Cc1cc(-c2ccccc2)ccc1OCc1ccc(OC(F)(F)F)cc1. The molecule has 0 bridgehead atoms. The number of hydrogen-bond donors (Lipinski definition) is 1. The van der Waals surface area contributed by atoms with Crippen LogP contribution in [0.25, 0.3) is 17.2 Å². The third-order valence-corrected chi connectivity index (χ3v) is 4.07. The van der Waals surface area contributed by atoms with E-state index >= 15 is 0 Å². The van der Waals surface area contributed by atoms with Gasteiger partial charge in [-0.15, -0.1) is 13.2 Å². The number of carbonyl (C=O) groups is 1. The van der Waals surface area contributed by atoms with Crippen molar-refractivity contribution in [1.29, 1.82) is 0 Å².